The highest BCUT2D eigenvalue weighted by Gasteiger charge is 2.30. The first kappa shape index (κ1) is 14.2. The van der Waals surface area contributed by atoms with Crippen molar-refractivity contribution in [2.75, 3.05) is 11.9 Å². The average molecular weight is 288 g/mol. The van der Waals surface area contributed by atoms with Gasteiger partial charge in [-0.3, -0.25) is 0 Å². The Labute approximate surface area is 111 Å². The van der Waals surface area contributed by atoms with Gasteiger partial charge in [-0.2, -0.15) is 0 Å². The van der Waals surface area contributed by atoms with Gasteiger partial charge in [-0.25, -0.2) is 17.9 Å². The molecule has 2 rings (SSSR count). The molecular formula is C12H17FN2O3S. The summed E-state index contributed by atoms with van der Waals surface area (Å²) in [5.74, 6) is -0.701. The normalized spacial score (nSPS) is 18.5. The minimum atomic E-state index is -3.90. The lowest BCUT2D eigenvalue weighted by Crippen LogP contribution is -2.33. The topological polar surface area (TPSA) is 92.4 Å². The highest BCUT2D eigenvalue weighted by atomic mass is 32.2. The van der Waals surface area contributed by atoms with Crippen LogP contribution in [-0.2, 0) is 10.0 Å². The van der Waals surface area contributed by atoms with Crippen molar-refractivity contribution >= 4 is 15.7 Å². The van der Waals surface area contributed by atoms with Gasteiger partial charge >= 0.3 is 0 Å². The Bertz CT molecular complexity index is 568. The molecule has 1 aliphatic rings. The largest absolute Gasteiger partial charge is 0.388 e. The van der Waals surface area contributed by atoms with Crippen molar-refractivity contribution in [3.05, 3.63) is 24.0 Å². The highest BCUT2D eigenvalue weighted by molar-refractivity contribution is 7.89. The quantitative estimate of drug-likeness (QED) is 0.776. The van der Waals surface area contributed by atoms with Gasteiger partial charge in [0.25, 0.3) is 0 Å². The number of anilines is 1. The minimum Gasteiger partial charge on any atom is -0.388 e. The Morgan fingerprint density at radius 1 is 1.37 bits per heavy atom. The molecule has 0 unspecified atom stereocenters. The zero-order valence-electron chi connectivity index (χ0n) is 10.4. The monoisotopic (exact) mass is 288 g/mol. The number of primary sulfonamides is 1. The number of halogens is 1. The summed E-state index contributed by atoms with van der Waals surface area (Å²) in [5, 5.41) is 17.9. The molecule has 1 aromatic rings. The fraction of sp³-hybridized carbons (Fsp3) is 0.500. The van der Waals surface area contributed by atoms with E-state index in [-0.39, 0.29) is 17.1 Å². The lowest BCUT2D eigenvalue weighted by atomic mass is 10.0. The molecule has 0 atom stereocenters. The van der Waals surface area contributed by atoms with Crippen LogP contribution in [0, 0.1) is 5.82 Å². The molecule has 1 fully saturated rings. The van der Waals surface area contributed by atoms with E-state index in [4.69, 9.17) is 5.14 Å². The van der Waals surface area contributed by atoms with E-state index in [0.717, 1.165) is 18.9 Å². The van der Waals surface area contributed by atoms with Crippen molar-refractivity contribution in [2.45, 2.75) is 36.2 Å². The molecule has 0 aliphatic heterocycles. The number of sulfonamides is 1. The van der Waals surface area contributed by atoms with Crippen LogP contribution in [0.4, 0.5) is 10.1 Å². The van der Waals surface area contributed by atoms with Crippen LogP contribution in [0.25, 0.3) is 0 Å². The van der Waals surface area contributed by atoms with Crippen LogP contribution < -0.4 is 10.5 Å². The van der Waals surface area contributed by atoms with Crippen LogP contribution in [0.15, 0.2) is 23.1 Å². The first-order valence-corrected chi connectivity index (χ1v) is 7.63. The van der Waals surface area contributed by atoms with E-state index in [2.05, 4.69) is 5.32 Å². The third-order valence-electron chi connectivity index (χ3n) is 3.41. The van der Waals surface area contributed by atoms with Crippen molar-refractivity contribution in [3.8, 4) is 0 Å². The van der Waals surface area contributed by atoms with E-state index < -0.39 is 21.4 Å². The molecule has 0 spiro atoms. The summed E-state index contributed by atoms with van der Waals surface area (Å²) in [6.45, 7) is 0.249. The lowest BCUT2D eigenvalue weighted by Gasteiger charge is -2.23. The van der Waals surface area contributed by atoms with E-state index in [1.54, 1.807) is 0 Å². The summed E-state index contributed by atoms with van der Waals surface area (Å²) in [4.78, 5) is -0.268. The Morgan fingerprint density at radius 3 is 2.53 bits per heavy atom. The second kappa shape index (κ2) is 5.07. The Hall–Kier alpha value is -1.18. The van der Waals surface area contributed by atoms with E-state index in [0.29, 0.717) is 12.8 Å². The molecule has 0 bridgehead atoms. The SMILES string of the molecule is NS(=O)(=O)c1ccc(NCC2(O)CCCC2)c(F)c1. The number of rotatable bonds is 4. The molecule has 5 nitrogen and oxygen atoms in total. The fourth-order valence-corrected chi connectivity index (χ4v) is 2.81. The standard InChI is InChI=1S/C12H17FN2O3S/c13-10-7-9(19(14,17)18)3-4-11(10)15-8-12(16)5-1-2-6-12/h3-4,7,15-16H,1-2,5-6,8H2,(H2,14,17,18). The van der Waals surface area contributed by atoms with Crippen LogP contribution in [0.2, 0.25) is 0 Å². The molecule has 0 saturated heterocycles. The van der Waals surface area contributed by atoms with E-state index >= 15 is 0 Å². The molecule has 19 heavy (non-hydrogen) atoms. The number of benzene rings is 1. The summed E-state index contributed by atoms with van der Waals surface area (Å²) in [7, 11) is -3.90. The average Bonchev–Trinajstić information content (AvgIpc) is 2.74. The molecule has 1 saturated carbocycles. The van der Waals surface area contributed by atoms with Crippen molar-refractivity contribution in [1.29, 1.82) is 0 Å². The van der Waals surface area contributed by atoms with Crippen molar-refractivity contribution in [1.82, 2.24) is 0 Å². The van der Waals surface area contributed by atoms with Crippen LogP contribution in [0.1, 0.15) is 25.7 Å². The van der Waals surface area contributed by atoms with Gasteiger partial charge < -0.3 is 10.4 Å². The van der Waals surface area contributed by atoms with Crippen molar-refractivity contribution in [2.24, 2.45) is 5.14 Å². The molecule has 7 heteroatoms. The number of hydrogen-bond donors (Lipinski definition) is 3. The fourth-order valence-electron chi connectivity index (χ4n) is 2.29. The second-order valence-corrected chi connectivity index (χ2v) is 6.53. The highest BCUT2D eigenvalue weighted by Crippen LogP contribution is 2.30. The first-order valence-electron chi connectivity index (χ1n) is 6.09. The Morgan fingerprint density at radius 2 is 2.00 bits per heavy atom. The second-order valence-electron chi connectivity index (χ2n) is 4.97. The summed E-state index contributed by atoms with van der Waals surface area (Å²) >= 11 is 0. The van der Waals surface area contributed by atoms with Gasteiger partial charge in [0.15, 0.2) is 0 Å². The summed E-state index contributed by atoms with van der Waals surface area (Å²) in [6, 6.07) is 3.42. The summed E-state index contributed by atoms with van der Waals surface area (Å²) < 4.78 is 35.8. The molecule has 1 aliphatic carbocycles. The number of hydrogen-bond acceptors (Lipinski definition) is 4. The molecule has 106 valence electrons. The molecule has 0 amide bonds. The van der Waals surface area contributed by atoms with Crippen molar-refractivity contribution < 1.29 is 17.9 Å². The van der Waals surface area contributed by atoms with Crippen LogP contribution in [0.5, 0.6) is 0 Å². The summed E-state index contributed by atoms with van der Waals surface area (Å²) in [6.07, 6.45) is 3.31. The maximum atomic E-state index is 13.7. The Balaban J connectivity index is 2.09. The predicted octanol–water partition coefficient (Wildman–Crippen LogP) is 1.19. The predicted molar refractivity (Wildman–Crippen MR) is 69.7 cm³/mol. The molecule has 1 aromatic carbocycles. The van der Waals surface area contributed by atoms with Gasteiger partial charge in [0.05, 0.1) is 16.2 Å². The maximum Gasteiger partial charge on any atom is 0.238 e. The van der Waals surface area contributed by atoms with E-state index in [1.165, 1.54) is 12.1 Å². The number of nitrogens with one attached hydrogen (secondary N) is 1. The van der Waals surface area contributed by atoms with Gasteiger partial charge in [0, 0.05) is 6.54 Å². The maximum absolute atomic E-state index is 13.7. The third-order valence-corrected chi connectivity index (χ3v) is 4.32. The first-order chi connectivity index (χ1) is 8.80. The van der Waals surface area contributed by atoms with Gasteiger partial charge in [0.2, 0.25) is 10.0 Å². The third kappa shape index (κ3) is 3.43. The van der Waals surface area contributed by atoms with E-state index in [9.17, 15) is 17.9 Å². The Kier molecular flexibility index (Phi) is 3.80. The number of aliphatic hydroxyl groups is 1. The van der Waals surface area contributed by atoms with Gasteiger partial charge in [-0.15, -0.1) is 0 Å². The zero-order valence-corrected chi connectivity index (χ0v) is 11.2. The molecule has 4 N–H and O–H groups in total. The minimum absolute atomic E-state index is 0.160. The lowest BCUT2D eigenvalue weighted by molar-refractivity contribution is 0.0614. The number of nitrogens with two attached hydrogens (primary N) is 1. The van der Waals surface area contributed by atoms with Gasteiger partial charge in [-0.05, 0) is 31.0 Å². The molecule has 0 heterocycles. The smallest absolute Gasteiger partial charge is 0.238 e. The van der Waals surface area contributed by atoms with Crippen LogP contribution in [0.3, 0.4) is 0 Å². The molecular weight excluding hydrogens is 271 g/mol. The van der Waals surface area contributed by atoms with Crippen LogP contribution in [-0.4, -0.2) is 25.7 Å². The van der Waals surface area contributed by atoms with Crippen molar-refractivity contribution in [3.63, 3.8) is 0 Å². The van der Waals surface area contributed by atoms with Crippen LogP contribution >= 0.6 is 0 Å². The van der Waals surface area contributed by atoms with Gasteiger partial charge in [0.1, 0.15) is 5.82 Å². The molecule has 0 aromatic heterocycles. The molecule has 0 radical (unpaired) electrons. The van der Waals surface area contributed by atoms with E-state index in [1.807, 2.05) is 0 Å². The zero-order chi connectivity index (χ0) is 14.1. The summed E-state index contributed by atoms with van der Waals surface area (Å²) in [5.41, 5.74) is -0.641. The van der Waals surface area contributed by atoms with Gasteiger partial charge in [-0.1, -0.05) is 12.8 Å².